The highest BCUT2D eigenvalue weighted by Gasteiger charge is 2.17. The van der Waals surface area contributed by atoms with Gasteiger partial charge in [0.25, 0.3) is 0 Å². The lowest BCUT2D eigenvalue weighted by Crippen LogP contribution is -1.98. The maximum absolute atomic E-state index is 11.8. The number of nitrogens with zero attached hydrogens (tertiary/aromatic N) is 2. The van der Waals surface area contributed by atoms with E-state index in [-0.39, 0.29) is 10.1 Å². The van der Waals surface area contributed by atoms with E-state index in [1.54, 1.807) is 42.5 Å². The maximum Gasteiger partial charge on any atom is 0.342 e. The highest BCUT2D eigenvalue weighted by atomic mass is 35.5. The number of carboxylic acids is 1. The summed E-state index contributed by atoms with van der Waals surface area (Å²) in [5, 5.41) is 17.3. The van der Waals surface area contributed by atoms with Crippen molar-refractivity contribution in [3.05, 3.63) is 64.5 Å². The summed E-state index contributed by atoms with van der Waals surface area (Å²) in [5.41, 5.74) is 1.23. The number of nitrogens with one attached hydrogen (secondary N) is 1. The molecule has 0 aliphatic heterocycles. The largest absolute Gasteiger partial charge is 0.496 e. The summed E-state index contributed by atoms with van der Waals surface area (Å²) in [6.07, 6.45) is 3.12. The number of carboxylic acid groups (broad SMARTS) is 1. The molecule has 0 bridgehead atoms. The zero-order valence-electron chi connectivity index (χ0n) is 17.3. The van der Waals surface area contributed by atoms with E-state index in [2.05, 4.69) is 21.8 Å². The quantitative estimate of drug-likeness (QED) is 0.242. The summed E-state index contributed by atoms with van der Waals surface area (Å²) in [4.78, 5) is 16.2. The van der Waals surface area contributed by atoms with Gasteiger partial charge in [0, 0.05) is 5.02 Å². The van der Waals surface area contributed by atoms with E-state index in [0.717, 1.165) is 11.8 Å². The van der Waals surface area contributed by atoms with Crippen LogP contribution in [0.5, 0.6) is 17.2 Å². The van der Waals surface area contributed by atoms with Gasteiger partial charge in [-0.05, 0) is 53.7 Å². The average molecular weight is 474 g/mol. The van der Waals surface area contributed by atoms with Crippen molar-refractivity contribution in [3.8, 4) is 28.6 Å². The van der Waals surface area contributed by atoms with Crippen LogP contribution in [0.25, 0.3) is 17.5 Å². The van der Waals surface area contributed by atoms with E-state index < -0.39 is 5.97 Å². The van der Waals surface area contributed by atoms with Gasteiger partial charge in [0.2, 0.25) is 5.16 Å². The molecule has 8 nitrogen and oxygen atoms in total. The fourth-order valence-electron chi connectivity index (χ4n) is 2.70. The smallest absolute Gasteiger partial charge is 0.342 e. The fraction of sp³-hybridized carbons (Fsp3) is 0.136. The predicted molar refractivity (Wildman–Crippen MR) is 124 cm³/mol. The van der Waals surface area contributed by atoms with Crippen molar-refractivity contribution >= 4 is 35.4 Å². The van der Waals surface area contributed by atoms with Crippen molar-refractivity contribution in [1.29, 1.82) is 0 Å². The van der Waals surface area contributed by atoms with E-state index in [1.807, 2.05) is 0 Å². The number of hydrogen-bond donors (Lipinski definition) is 2. The number of aliphatic carboxylic acids is 1. The molecule has 166 valence electrons. The molecule has 32 heavy (non-hydrogen) atoms. The van der Waals surface area contributed by atoms with Gasteiger partial charge in [0.1, 0.15) is 17.3 Å². The summed E-state index contributed by atoms with van der Waals surface area (Å²) in [6, 6.07) is 10.2. The van der Waals surface area contributed by atoms with Crippen LogP contribution in [0.4, 0.5) is 0 Å². The number of H-pyrrole nitrogens is 1. The number of hydrogen-bond acceptors (Lipinski definition) is 7. The number of ether oxygens (including phenoxy) is 3. The van der Waals surface area contributed by atoms with Gasteiger partial charge < -0.3 is 19.3 Å². The molecule has 0 aliphatic carbocycles. The summed E-state index contributed by atoms with van der Waals surface area (Å²) in [5.74, 6) is 0.850. The SMILES string of the molecule is C=CCOc1ccc(/C=C(\Sc2n[nH]c(-c3cc(Cl)ccc3OC)n2)C(=O)O)cc1OC. The van der Waals surface area contributed by atoms with Gasteiger partial charge >= 0.3 is 5.97 Å². The molecule has 2 N–H and O–H groups in total. The normalized spacial score (nSPS) is 11.2. The molecule has 0 fully saturated rings. The number of halogens is 1. The van der Waals surface area contributed by atoms with Crippen molar-refractivity contribution in [2.45, 2.75) is 5.16 Å². The molecule has 0 saturated heterocycles. The third-order valence-electron chi connectivity index (χ3n) is 4.14. The molecule has 0 unspecified atom stereocenters. The number of benzene rings is 2. The Balaban J connectivity index is 1.87. The molecule has 0 saturated carbocycles. The van der Waals surface area contributed by atoms with E-state index >= 15 is 0 Å². The van der Waals surface area contributed by atoms with Crippen molar-refractivity contribution in [3.63, 3.8) is 0 Å². The molecule has 1 heterocycles. The first-order valence-electron chi connectivity index (χ1n) is 9.26. The summed E-state index contributed by atoms with van der Waals surface area (Å²) >= 11 is 6.98. The van der Waals surface area contributed by atoms with Crippen molar-refractivity contribution < 1.29 is 24.1 Å². The maximum atomic E-state index is 11.8. The molecule has 0 atom stereocenters. The van der Waals surface area contributed by atoms with Crippen molar-refractivity contribution in [2.24, 2.45) is 0 Å². The Bertz CT molecular complexity index is 1160. The Morgan fingerprint density at radius 3 is 2.62 bits per heavy atom. The van der Waals surface area contributed by atoms with Crippen LogP contribution in [0.2, 0.25) is 5.02 Å². The second-order valence-electron chi connectivity index (χ2n) is 6.24. The van der Waals surface area contributed by atoms with Crippen LogP contribution in [-0.2, 0) is 4.79 Å². The number of rotatable bonds is 10. The van der Waals surface area contributed by atoms with Gasteiger partial charge in [-0.2, -0.15) is 0 Å². The average Bonchev–Trinajstić information content (AvgIpc) is 3.26. The summed E-state index contributed by atoms with van der Waals surface area (Å²) in [6.45, 7) is 3.94. The van der Waals surface area contributed by atoms with Crippen molar-refractivity contribution in [1.82, 2.24) is 15.2 Å². The molecule has 0 spiro atoms. The highest BCUT2D eigenvalue weighted by Crippen LogP contribution is 2.34. The standard InChI is InChI=1S/C22H20ClN3O5S/c1-4-9-31-17-7-5-13(10-18(17)30-3)11-19(21(27)28)32-22-24-20(25-26-22)15-12-14(23)6-8-16(15)29-2/h4-8,10-12H,1,9H2,2-3H3,(H,27,28)(H,24,25,26)/b19-11-. The highest BCUT2D eigenvalue weighted by molar-refractivity contribution is 8.04. The molecule has 10 heteroatoms. The van der Waals surface area contributed by atoms with E-state index in [1.165, 1.54) is 20.3 Å². The summed E-state index contributed by atoms with van der Waals surface area (Å²) in [7, 11) is 3.04. The lowest BCUT2D eigenvalue weighted by atomic mass is 10.2. The van der Waals surface area contributed by atoms with Crippen LogP contribution in [0.3, 0.4) is 0 Å². The second-order valence-corrected chi connectivity index (χ2v) is 7.68. The Morgan fingerprint density at radius 2 is 1.94 bits per heavy atom. The lowest BCUT2D eigenvalue weighted by molar-refractivity contribution is -0.131. The zero-order valence-corrected chi connectivity index (χ0v) is 18.9. The Kier molecular flexibility index (Phi) is 7.80. The van der Waals surface area contributed by atoms with Gasteiger partial charge in [-0.15, -0.1) is 5.10 Å². The number of aromatic amines is 1. The van der Waals surface area contributed by atoms with Crippen LogP contribution in [-0.4, -0.2) is 47.1 Å². The molecule has 3 aromatic rings. The molecule has 0 aliphatic rings. The first kappa shape index (κ1) is 23.2. The van der Waals surface area contributed by atoms with Crippen LogP contribution in [0, 0.1) is 0 Å². The minimum absolute atomic E-state index is 0.0235. The number of aromatic nitrogens is 3. The van der Waals surface area contributed by atoms with Gasteiger partial charge in [-0.3, -0.25) is 5.10 Å². The number of thioether (sulfide) groups is 1. The van der Waals surface area contributed by atoms with Crippen LogP contribution in [0.15, 0.2) is 59.1 Å². The lowest BCUT2D eigenvalue weighted by Gasteiger charge is -2.10. The first-order valence-corrected chi connectivity index (χ1v) is 10.5. The Labute approximate surface area is 193 Å². The van der Waals surface area contributed by atoms with Gasteiger partial charge in [-0.25, -0.2) is 9.78 Å². The Morgan fingerprint density at radius 1 is 1.19 bits per heavy atom. The number of carbonyl (C=O) groups is 1. The minimum Gasteiger partial charge on any atom is -0.496 e. The third kappa shape index (κ3) is 5.63. The third-order valence-corrected chi connectivity index (χ3v) is 5.25. The number of methoxy groups -OCH3 is 2. The molecular weight excluding hydrogens is 454 g/mol. The summed E-state index contributed by atoms with van der Waals surface area (Å²) < 4.78 is 16.2. The van der Waals surface area contributed by atoms with Crippen LogP contribution < -0.4 is 14.2 Å². The van der Waals surface area contributed by atoms with Crippen molar-refractivity contribution in [2.75, 3.05) is 20.8 Å². The molecule has 0 amide bonds. The van der Waals surface area contributed by atoms with E-state index in [9.17, 15) is 9.90 Å². The van der Waals surface area contributed by atoms with Gasteiger partial charge in [0.15, 0.2) is 17.3 Å². The molecule has 1 aromatic heterocycles. The van der Waals surface area contributed by atoms with Crippen LogP contribution in [0.1, 0.15) is 5.56 Å². The Hall–Kier alpha value is -3.43. The topological polar surface area (TPSA) is 107 Å². The van der Waals surface area contributed by atoms with Gasteiger partial charge in [0.05, 0.1) is 19.8 Å². The van der Waals surface area contributed by atoms with E-state index in [0.29, 0.717) is 45.8 Å². The minimum atomic E-state index is -1.12. The zero-order chi connectivity index (χ0) is 23.1. The molecular formula is C22H20ClN3O5S. The van der Waals surface area contributed by atoms with E-state index in [4.69, 9.17) is 25.8 Å². The van der Waals surface area contributed by atoms with Crippen LogP contribution >= 0.6 is 23.4 Å². The molecule has 2 aromatic carbocycles. The predicted octanol–water partition coefficient (Wildman–Crippen LogP) is 4.92. The monoisotopic (exact) mass is 473 g/mol. The molecule has 3 rings (SSSR count). The fourth-order valence-corrected chi connectivity index (χ4v) is 3.58. The molecule has 0 radical (unpaired) electrons. The second kappa shape index (κ2) is 10.7. The first-order chi connectivity index (χ1) is 15.4. The van der Waals surface area contributed by atoms with Gasteiger partial charge in [-0.1, -0.05) is 30.3 Å².